The van der Waals surface area contributed by atoms with E-state index in [-0.39, 0.29) is 18.9 Å². The van der Waals surface area contributed by atoms with Gasteiger partial charge in [-0.25, -0.2) is 0 Å². The molecule has 0 bridgehead atoms. The van der Waals surface area contributed by atoms with Gasteiger partial charge in [-0.2, -0.15) is 13.2 Å². The Hall–Kier alpha value is -0.0800. The van der Waals surface area contributed by atoms with Crippen molar-refractivity contribution in [2.24, 2.45) is 0 Å². The van der Waals surface area contributed by atoms with Crippen LogP contribution in [0.1, 0.15) is 22.5 Å². The molecular weight excluding hydrogens is 387 g/mol. The predicted octanol–water partition coefficient (Wildman–Crippen LogP) is 4.35. The third-order valence-corrected chi connectivity index (χ3v) is 5.05. The fourth-order valence-corrected chi connectivity index (χ4v) is 2.99. The molecule has 0 aliphatic rings. The molecule has 0 spiro atoms. The van der Waals surface area contributed by atoms with Crippen LogP contribution in [0.2, 0.25) is 0 Å². The standard InChI is InChI=1S/C9H8Br2F3NOS/c10-5-4-6(17-7(5)11)8(16)15-3-1-2-9(12,13)14/h4H,1-3H2,(H,15,16). The minimum absolute atomic E-state index is 0.0193. The average Bonchev–Trinajstić information content (AvgIpc) is 2.52. The molecule has 1 aromatic heterocycles. The second-order valence-corrected chi connectivity index (χ2v) is 6.43. The quantitative estimate of drug-likeness (QED) is 0.756. The molecule has 1 aromatic rings. The Kier molecular flexibility index (Phi) is 5.46. The Morgan fingerprint density at radius 1 is 1.41 bits per heavy atom. The van der Waals surface area contributed by atoms with Crippen molar-refractivity contribution in [2.75, 3.05) is 6.54 Å². The summed E-state index contributed by atoms with van der Waals surface area (Å²) in [5, 5.41) is 2.44. The topological polar surface area (TPSA) is 29.1 Å². The Morgan fingerprint density at radius 2 is 2.06 bits per heavy atom. The van der Waals surface area contributed by atoms with Crippen LogP contribution in [0.3, 0.4) is 0 Å². The molecule has 0 saturated heterocycles. The smallest absolute Gasteiger partial charge is 0.351 e. The number of halogens is 5. The molecule has 0 saturated carbocycles. The molecule has 0 aromatic carbocycles. The second-order valence-electron chi connectivity index (χ2n) is 3.21. The average molecular weight is 395 g/mol. The number of thiophene rings is 1. The fraction of sp³-hybridized carbons (Fsp3) is 0.444. The first-order chi connectivity index (χ1) is 7.79. The molecule has 0 radical (unpaired) electrons. The van der Waals surface area contributed by atoms with Crippen LogP contribution in [0.25, 0.3) is 0 Å². The maximum Gasteiger partial charge on any atom is 0.389 e. The van der Waals surface area contributed by atoms with E-state index in [9.17, 15) is 18.0 Å². The van der Waals surface area contributed by atoms with Crippen molar-refractivity contribution in [3.63, 3.8) is 0 Å². The summed E-state index contributed by atoms with van der Waals surface area (Å²) in [7, 11) is 0. The first-order valence-electron chi connectivity index (χ1n) is 4.59. The van der Waals surface area contributed by atoms with Crippen molar-refractivity contribution < 1.29 is 18.0 Å². The van der Waals surface area contributed by atoms with Gasteiger partial charge in [0.15, 0.2) is 0 Å². The number of rotatable bonds is 4. The molecule has 0 fully saturated rings. The van der Waals surface area contributed by atoms with E-state index in [1.807, 2.05) is 0 Å². The first kappa shape index (κ1) is 15.0. The summed E-state index contributed by atoms with van der Waals surface area (Å²) in [6, 6.07) is 1.62. The molecule has 0 aliphatic heterocycles. The van der Waals surface area contributed by atoms with Crippen molar-refractivity contribution in [3.8, 4) is 0 Å². The normalized spacial score (nSPS) is 11.6. The summed E-state index contributed by atoms with van der Waals surface area (Å²) in [6.07, 6.45) is -5.16. The summed E-state index contributed by atoms with van der Waals surface area (Å²) in [5.74, 6) is -0.358. The minimum Gasteiger partial charge on any atom is -0.351 e. The lowest BCUT2D eigenvalue weighted by atomic mass is 10.3. The summed E-state index contributed by atoms with van der Waals surface area (Å²) in [5.41, 5.74) is 0. The van der Waals surface area contributed by atoms with Crippen LogP contribution in [-0.4, -0.2) is 18.6 Å². The number of carbonyl (C=O) groups excluding carboxylic acids is 1. The summed E-state index contributed by atoms with van der Waals surface area (Å²) < 4.78 is 37.0. The third kappa shape index (κ3) is 5.39. The Labute approximate surface area is 117 Å². The number of carbonyl (C=O) groups is 1. The molecule has 1 amide bonds. The van der Waals surface area contributed by atoms with Gasteiger partial charge in [-0.05, 0) is 44.3 Å². The molecule has 17 heavy (non-hydrogen) atoms. The van der Waals surface area contributed by atoms with Crippen molar-refractivity contribution in [3.05, 3.63) is 19.2 Å². The van der Waals surface area contributed by atoms with E-state index in [1.54, 1.807) is 6.07 Å². The van der Waals surface area contributed by atoms with Gasteiger partial charge < -0.3 is 5.32 Å². The lowest BCUT2D eigenvalue weighted by Crippen LogP contribution is -2.24. The molecule has 1 N–H and O–H groups in total. The molecule has 8 heteroatoms. The van der Waals surface area contributed by atoms with Crippen LogP contribution in [0.4, 0.5) is 13.2 Å². The first-order valence-corrected chi connectivity index (χ1v) is 6.99. The van der Waals surface area contributed by atoms with Crippen LogP contribution in [-0.2, 0) is 0 Å². The highest BCUT2D eigenvalue weighted by Gasteiger charge is 2.26. The number of amides is 1. The van der Waals surface area contributed by atoms with Crippen LogP contribution in [0.15, 0.2) is 14.3 Å². The highest BCUT2D eigenvalue weighted by molar-refractivity contribution is 9.13. The lowest BCUT2D eigenvalue weighted by Gasteiger charge is -2.06. The van der Waals surface area contributed by atoms with E-state index in [0.29, 0.717) is 4.88 Å². The number of alkyl halides is 3. The lowest BCUT2D eigenvalue weighted by molar-refractivity contribution is -0.135. The third-order valence-electron chi connectivity index (χ3n) is 1.79. The van der Waals surface area contributed by atoms with Gasteiger partial charge in [0.05, 0.1) is 8.66 Å². The van der Waals surface area contributed by atoms with Crippen LogP contribution < -0.4 is 5.32 Å². The predicted molar refractivity (Wildman–Crippen MR) is 67.3 cm³/mol. The molecule has 1 rings (SSSR count). The van der Waals surface area contributed by atoms with Crippen LogP contribution in [0.5, 0.6) is 0 Å². The monoisotopic (exact) mass is 393 g/mol. The molecular formula is C9H8Br2F3NOS. The van der Waals surface area contributed by atoms with Crippen molar-refractivity contribution in [1.82, 2.24) is 5.32 Å². The highest BCUT2D eigenvalue weighted by Crippen LogP contribution is 2.32. The van der Waals surface area contributed by atoms with Gasteiger partial charge in [-0.15, -0.1) is 11.3 Å². The van der Waals surface area contributed by atoms with E-state index in [0.717, 1.165) is 8.26 Å². The van der Waals surface area contributed by atoms with Gasteiger partial charge >= 0.3 is 6.18 Å². The molecule has 0 atom stereocenters. The zero-order valence-electron chi connectivity index (χ0n) is 8.40. The Morgan fingerprint density at radius 3 is 2.53 bits per heavy atom. The molecule has 0 aliphatic carbocycles. The zero-order valence-corrected chi connectivity index (χ0v) is 12.4. The largest absolute Gasteiger partial charge is 0.389 e. The second kappa shape index (κ2) is 6.19. The Balaban J connectivity index is 2.35. The molecule has 2 nitrogen and oxygen atoms in total. The van der Waals surface area contributed by atoms with Gasteiger partial charge in [0.1, 0.15) is 0 Å². The maximum absolute atomic E-state index is 11.8. The molecule has 96 valence electrons. The summed E-state index contributed by atoms with van der Waals surface area (Å²) >= 11 is 7.68. The molecule has 1 heterocycles. The summed E-state index contributed by atoms with van der Waals surface area (Å²) in [6.45, 7) is 0.0193. The number of hydrogen-bond acceptors (Lipinski definition) is 2. The van der Waals surface area contributed by atoms with E-state index in [2.05, 4.69) is 37.2 Å². The summed E-state index contributed by atoms with van der Waals surface area (Å²) in [4.78, 5) is 12.0. The fourth-order valence-electron chi connectivity index (χ4n) is 1.04. The van der Waals surface area contributed by atoms with Gasteiger partial charge in [-0.3, -0.25) is 4.79 Å². The van der Waals surface area contributed by atoms with Crippen LogP contribution >= 0.6 is 43.2 Å². The van der Waals surface area contributed by atoms with E-state index < -0.39 is 12.6 Å². The van der Waals surface area contributed by atoms with Gasteiger partial charge in [0.25, 0.3) is 5.91 Å². The van der Waals surface area contributed by atoms with E-state index in [4.69, 9.17) is 0 Å². The van der Waals surface area contributed by atoms with Crippen molar-refractivity contribution in [2.45, 2.75) is 19.0 Å². The highest BCUT2D eigenvalue weighted by atomic mass is 79.9. The SMILES string of the molecule is O=C(NCCCC(F)(F)F)c1cc(Br)c(Br)s1. The van der Waals surface area contributed by atoms with Gasteiger partial charge in [0.2, 0.25) is 0 Å². The van der Waals surface area contributed by atoms with Crippen LogP contribution in [0, 0.1) is 0 Å². The van der Waals surface area contributed by atoms with E-state index >= 15 is 0 Å². The maximum atomic E-state index is 11.8. The van der Waals surface area contributed by atoms with Crippen molar-refractivity contribution >= 4 is 49.1 Å². The van der Waals surface area contributed by atoms with Gasteiger partial charge in [0, 0.05) is 17.4 Å². The number of nitrogens with one attached hydrogen (secondary N) is 1. The Bertz CT molecular complexity index is 386. The minimum atomic E-state index is -4.17. The van der Waals surface area contributed by atoms with Crippen molar-refractivity contribution in [1.29, 1.82) is 0 Å². The van der Waals surface area contributed by atoms with E-state index in [1.165, 1.54) is 11.3 Å². The zero-order chi connectivity index (χ0) is 13.1. The number of hydrogen-bond donors (Lipinski definition) is 1. The van der Waals surface area contributed by atoms with Gasteiger partial charge in [-0.1, -0.05) is 0 Å². The molecule has 0 unspecified atom stereocenters.